The quantitative estimate of drug-likeness (QED) is 0.594. The minimum Gasteiger partial charge on any atom is -0.491 e. The van der Waals surface area contributed by atoms with Crippen molar-refractivity contribution < 1.29 is 14.3 Å². The van der Waals surface area contributed by atoms with E-state index >= 15 is 0 Å². The second-order valence-electron chi connectivity index (χ2n) is 5.21. The molecule has 2 saturated carbocycles. The third-order valence-electron chi connectivity index (χ3n) is 3.93. The summed E-state index contributed by atoms with van der Waals surface area (Å²) in [6.07, 6.45) is 3.85. The third kappa shape index (κ3) is 2.12. The van der Waals surface area contributed by atoms with Crippen molar-refractivity contribution >= 4 is 19.3 Å². The Balaban J connectivity index is 1.75. The molecule has 0 bridgehead atoms. The number of ether oxygens (including phenoxy) is 2. The Kier molecular flexibility index (Phi) is 2.81. The number of rotatable bonds is 3. The van der Waals surface area contributed by atoms with Crippen LogP contribution in [0.1, 0.15) is 29.6 Å². The number of methoxy groups -OCH3 is 1. The number of benzene rings is 1. The molecule has 2 aliphatic rings. The molecule has 0 aliphatic heterocycles. The fraction of sp³-hybridized carbons (Fsp3) is 0.500. The molecule has 2 aliphatic carbocycles. The van der Waals surface area contributed by atoms with Crippen LogP contribution in [0.15, 0.2) is 18.2 Å². The van der Waals surface area contributed by atoms with Gasteiger partial charge in [0.2, 0.25) is 0 Å². The van der Waals surface area contributed by atoms with Gasteiger partial charge in [0.1, 0.15) is 13.6 Å². The second kappa shape index (κ2) is 4.34. The average molecular weight is 242 g/mol. The number of carbonyl (C=O) groups excluding carboxylic acids is 1. The summed E-state index contributed by atoms with van der Waals surface area (Å²) in [6.45, 7) is 0. The van der Waals surface area contributed by atoms with Crippen molar-refractivity contribution in [3.05, 3.63) is 23.8 Å². The van der Waals surface area contributed by atoms with Crippen molar-refractivity contribution in [2.45, 2.75) is 25.4 Å². The first-order valence-electron chi connectivity index (χ1n) is 6.32. The molecule has 2 unspecified atom stereocenters. The topological polar surface area (TPSA) is 35.5 Å². The normalized spacial score (nSPS) is 28.6. The Morgan fingerprint density at radius 2 is 2.00 bits per heavy atom. The Hall–Kier alpha value is -1.45. The van der Waals surface area contributed by atoms with Crippen LogP contribution >= 0.6 is 0 Å². The van der Waals surface area contributed by atoms with E-state index in [1.54, 1.807) is 18.2 Å². The van der Waals surface area contributed by atoms with E-state index in [9.17, 15) is 4.79 Å². The summed E-state index contributed by atoms with van der Waals surface area (Å²) in [5.74, 6) is 1.96. The van der Waals surface area contributed by atoms with Crippen LogP contribution in [0.3, 0.4) is 0 Å². The van der Waals surface area contributed by atoms with E-state index in [0.29, 0.717) is 16.8 Å². The average Bonchev–Trinajstić information content (AvgIpc) is 2.99. The maximum atomic E-state index is 11.5. The zero-order valence-corrected chi connectivity index (χ0v) is 10.4. The zero-order valence-electron chi connectivity index (χ0n) is 10.4. The molecule has 3 rings (SSSR count). The standard InChI is InChI=1S/C14H15BO3/c1-17-14(16)8-2-3-12(15)13(7-8)18-11-5-9-4-10(9)6-11/h2-3,7,9-11H,4-6H2,1H3. The molecule has 0 aromatic heterocycles. The smallest absolute Gasteiger partial charge is 0.337 e. The van der Waals surface area contributed by atoms with Crippen LogP contribution in [0.2, 0.25) is 0 Å². The van der Waals surface area contributed by atoms with E-state index in [-0.39, 0.29) is 12.1 Å². The molecule has 4 heteroatoms. The van der Waals surface area contributed by atoms with Crippen LogP contribution in [-0.2, 0) is 4.74 Å². The van der Waals surface area contributed by atoms with E-state index in [2.05, 4.69) is 4.74 Å². The zero-order chi connectivity index (χ0) is 12.7. The van der Waals surface area contributed by atoms with Gasteiger partial charge >= 0.3 is 5.97 Å². The molecular formula is C14H15BO3. The summed E-state index contributed by atoms with van der Waals surface area (Å²) < 4.78 is 10.6. The van der Waals surface area contributed by atoms with Gasteiger partial charge in [-0.1, -0.05) is 11.5 Å². The highest BCUT2D eigenvalue weighted by Crippen LogP contribution is 2.52. The number of carbonyl (C=O) groups is 1. The van der Waals surface area contributed by atoms with Gasteiger partial charge in [0, 0.05) is 0 Å². The highest BCUT2D eigenvalue weighted by Gasteiger charge is 2.46. The Bertz CT molecular complexity index is 476. The molecule has 0 saturated heterocycles. The molecule has 0 N–H and O–H groups in total. The Labute approximate surface area is 108 Å². The second-order valence-corrected chi connectivity index (χ2v) is 5.21. The van der Waals surface area contributed by atoms with Crippen LogP contribution < -0.4 is 10.2 Å². The van der Waals surface area contributed by atoms with Gasteiger partial charge in [-0.3, -0.25) is 0 Å². The van der Waals surface area contributed by atoms with E-state index in [1.165, 1.54) is 13.5 Å². The number of fused-ring (bicyclic) bond motifs is 1. The highest BCUT2D eigenvalue weighted by molar-refractivity contribution is 6.34. The molecule has 2 radical (unpaired) electrons. The van der Waals surface area contributed by atoms with Gasteiger partial charge in [-0.25, -0.2) is 4.79 Å². The van der Waals surface area contributed by atoms with Crippen molar-refractivity contribution in [1.29, 1.82) is 0 Å². The van der Waals surface area contributed by atoms with Crippen molar-refractivity contribution in [1.82, 2.24) is 0 Å². The lowest BCUT2D eigenvalue weighted by Gasteiger charge is -2.17. The SMILES string of the molecule is [B]c1ccc(C(=O)OC)cc1OC1CC2CC2C1. The van der Waals surface area contributed by atoms with Crippen molar-refractivity contribution in [3.63, 3.8) is 0 Å². The summed E-state index contributed by atoms with van der Waals surface area (Å²) >= 11 is 0. The van der Waals surface area contributed by atoms with Crippen LogP contribution in [0.4, 0.5) is 0 Å². The largest absolute Gasteiger partial charge is 0.491 e. The highest BCUT2D eigenvalue weighted by atomic mass is 16.5. The molecule has 0 spiro atoms. The maximum Gasteiger partial charge on any atom is 0.337 e. The van der Waals surface area contributed by atoms with Gasteiger partial charge in [0.15, 0.2) is 0 Å². The van der Waals surface area contributed by atoms with E-state index in [0.717, 1.165) is 24.7 Å². The predicted octanol–water partition coefficient (Wildman–Crippen LogP) is 1.44. The summed E-state index contributed by atoms with van der Waals surface area (Å²) in [4.78, 5) is 11.5. The van der Waals surface area contributed by atoms with Crippen molar-refractivity contribution in [3.8, 4) is 5.75 Å². The number of hydrogen-bond acceptors (Lipinski definition) is 3. The first kappa shape index (κ1) is 11.6. The molecule has 3 nitrogen and oxygen atoms in total. The van der Waals surface area contributed by atoms with Gasteiger partial charge in [0.25, 0.3) is 0 Å². The van der Waals surface area contributed by atoms with E-state index < -0.39 is 0 Å². The van der Waals surface area contributed by atoms with Gasteiger partial charge in [-0.15, -0.1) is 0 Å². The third-order valence-corrected chi connectivity index (χ3v) is 3.93. The fourth-order valence-corrected chi connectivity index (χ4v) is 2.82. The summed E-state index contributed by atoms with van der Waals surface area (Å²) in [5.41, 5.74) is 1.05. The Morgan fingerprint density at radius 1 is 1.28 bits per heavy atom. The first-order chi connectivity index (χ1) is 8.67. The molecule has 0 heterocycles. The van der Waals surface area contributed by atoms with Gasteiger partial charge in [-0.2, -0.15) is 0 Å². The molecule has 2 fully saturated rings. The van der Waals surface area contributed by atoms with Gasteiger partial charge in [0.05, 0.1) is 18.8 Å². The summed E-state index contributed by atoms with van der Waals surface area (Å²) in [7, 11) is 7.24. The van der Waals surface area contributed by atoms with Crippen LogP contribution in [-0.4, -0.2) is 27.0 Å². The molecule has 18 heavy (non-hydrogen) atoms. The number of hydrogen-bond donors (Lipinski definition) is 0. The lowest BCUT2D eigenvalue weighted by Crippen LogP contribution is -2.19. The van der Waals surface area contributed by atoms with Gasteiger partial charge < -0.3 is 9.47 Å². The predicted molar refractivity (Wildman–Crippen MR) is 68.4 cm³/mol. The van der Waals surface area contributed by atoms with Crippen LogP contribution in [0.25, 0.3) is 0 Å². The van der Waals surface area contributed by atoms with Crippen molar-refractivity contribution in [2.75, 3.05) is 7.11 Å². The molecule has 92 valence electrons. The van der Waals surface area contributed by atoms with Gasteiger partial charge in [-0.05, 0) is 43.2 Å². The molecule has 1 aromatic rings. The lowest BCUT2D eigenvalue weighted by atomic mass is 9.93. The molecular weight excluding hydrogens is 227 g/mol. The van der Waals surface area contributed by atoms with Crippen LogP contribution in [0.5, 0.6) is 5.75 Å². The number of esters is 1. The Morgan fingerprint density at radius 3 is 2.67 bits per heavy atom. The minimum absolute atomic E-state index is 0.254. The summed E-state index contributed by atoms with van der Waals surface area (Å²) in [5, 5.41) is 0. The molecule has 0 amide bonds. The molecule has 2 atom stereocenters. The van der Waals surface area contributed by atoms with E-state index in [1.807, 2.05) is 0 Å². The van der Waals surface area contributed by atoms with Crippen molar-refractivity contribution in [2.24, 2.45) is 11.8 Å². The monoisotopic (exact) mass is 242 g/mol. The lowest BCUT2D eigenvalue weighted by molar-refractivity contribution is 0.0600. The first-order valence-corrected chi connectivity index (χ1v) is 6.32. The fourth-order valence-electron chi connectivity index (χ4n) is 2.82. The molecule has 1 aromatic carbocycles. The maximum absolute atomic E-state index is 11.5. The summed E-state index contributed by atoms with van der Waals surface area (Å²) in [6, 6.07) is 5.02. The van der Waals surface area contributed by atoms with Crippen LogP contribution in [0, 0.1) is 11.8 Å². The van der Waals surface area contributed by atoms with E-state index in [4.69, 9.17) is 12.6 Å². The minimum atomic E-state index is -0.367.